The van der Waals surface area contributed by atoms with Gasteiger partial charge in [-0.3, -0.25) is 9.59 Å². The molecule has 2 amide bonds. The summed E-state index contributed by atoms with van der Waals surface area (Å²) >= 11 is 0. The summed E-state index contributed by atoms with van der Waals surface area (Å²) < 4.78 is 67.4. The van der Waals surface area contributed by atoms with E-state index in [0.29, 0.717) is 51.5 Å². The highest BCUT2D eigenvalue weighted by atomic mass is 19.4. The van der Waals surface area contributed by atoms with Crippen LogP contribution >= 0.6 is 0 Å². The summed E-state index contributed by atoms with van der Waals surface area (Å²) in [5, 5.41) is 12.4. The molecule has 2 aromatic rings. The number of aromatic nitrogens is 1. The third-order valence-electron chi connectivity index (χ3n) is 8.28. The number of methoxy groups -OCH3 is 1. The zero-order valence-electron chi connectivity index (χ0n) is 27.5. The van der Waals surface area contributed by atoms with Crippen LogP contribution in [0.15, 0.2) is 36.4 Å². The van der Waals surface area contributed by atoms with Crippen LogP contribution < -0.4 is 15.1 Å². The molecule has 11 nitrogen and oxygen atoms in total. The summed E-state index contributed by atoms with van der Waals surface area (Å²) in [6, 6.07) is 5.70. The zero-order chi connectivity index (χ0) is 35.0. The van der Waals surface area contributed by atoms with Crippen LogP contribution in [0.5, 0.6) is 0 Å². The molecule has 15 heteroatoms. The van der Waals surface area contributed by atoms with Crippen molar-refractivity contribution >= 4 is 29.0 Å². The van der Waals surface area contributed by atoms with Crippen molar-refractivity contribution in [2.45, 2.75) is 38.1 Å². The van der Waals surface area contributed by atoms with Crippen LogP contribution in [0, 0.1) is 24.1 Å². The van der Waals surface area contributed by atoms with Gasteiger partial charge in [0.15, 0.2) is 0 Å². The van der Waals surface area contributed by atoms with Crippen molar-refractivity contribution in [3.8, 4) is 6.07 Å². The number of pyridine rings is 1. The number of carbonyl (C=O) groups excluding carboxylic acids is 2. The zero-order valence-corrected chi connectivity index (χ0v) is 27.5. The molecule has 1 aromatic carbocycles. The highest BCUT2D eigenvalue weighted by molar-refractivity contribution is 6.01. The summed E-state index contributed by atoms with van der Waals surface area (Å²) in [4.78, 5) is 36.9. The van der Waals surface area contributed by atoms with Gasteiger partial charge in [0.1, 0.15) is 29.3 Å². The highest BCUT2D eigenvalue weighted by Gasteiger charge is 2.37. The standard InChI is InChI=1S/C33H41F4N7O4/c1-22-18-25(33(35,36)37)24(19-38)31(39-22)40-27-11-14-43(30-26(34)8-5-9-28(30)42(3)32(27)46)13-7-16-48-23-20-44(21-23)29(45)10-6-12-41(2)15-17-47-4/h5-6,8-10,18,23,27H,7,11-17,20-21H2,1-4H3,(H,39,40)/b10-6+/t27-/m0/s1. The summed E-state index contributed by atoms with van der Waals surface area (Å²) in [6.07, 6.45) is -0.931. The average Bonchev–Trinajstić information content (AvgIpc) is 3.01. The van der Waals surface area contributed by atoms with Gasteiger partial charge in [0.2, 0.25) is 11.8 Å². The molecule has 1 fully saturated rings. The Hall–Kier alpha value is -4.26. The van der Waals surface area contributed by atoms with Crippen molar-refractivity contribution in [2.75, 3.05) is 88.8 Å². The second kappa shape index (κ2) is 16.2. The fraction of sp³-hybridized carbons (Fsp3) is 0.515. The molecule has 0 spiro atoms. The van der Waals surface area contributed by atoms with Crippen LogP contribution in [0.2, 0.25) is 0 Å². The van der Waals surface area contributed by atoms with Crippen molar-refractivity contribution in [2.24, 2.45) is 0 Å². The molecule has 1 atom stereocenters. The molecular formula is C33H41F4N7O4. The number of ether oxygens (including phenoxy) is 2. The van der Waals surface area contributed by atoms with Gasteiger partial charge in [0, 0.05) is 71.8 Å². The van der Waals surface area contributed by atoms with E-state index in [1.165, 1.54) is 31.0 Å². The normalized spacial score (nSPS) is 17.3. The Balaban J connectivity index is 1.37. The SMILES string of the molecule is COCCN(C)C/C=C/C(=O)N1CC(OCCCN2CC[C@H](Nc3nc(C)cc(C(F)(F)F)c3C#N)C(=O)N(C)c3cccc(F)c32)C1. The van der Waals surface area contributed by atoms with Gasteiger partial charge in [0.25, 0.3) is 0 Å². The molecule has 0 saturated carbocycles. The van der Waals surface area contributed by atoms with E-state index in [9.17, 15) is 28.0 Å². The second-order valence-electron chi connectivity index (χ2n) is 11.9. The molecule has 2 aliphatic heterocycles. The molecule has 0 aliphatic carbocycles. The van der Waals surface area contributed by atoms with Crippen molar-refractivity contribution in [1.29, 1.82) is 5.26 Å². The van der Waals surface area contributed by atoms with E-state index in [0.717, 1.165) is 12.6 Å². The first-order valence-electron chi connectivity index (χ1n) is 15.6. The molecule has 0 unspecified atom stereocenters. The third-order valence-corrected chi connectivity index (χ3v) is 8.28. The summed E-state index contributed by atoms with van der Waals surface area (Å²) in [6.45, 7) is 5.22. The highest BCUT2D eigenvalue weighted by Crippen LogP contribution is 2.37. The Morgan fingerprint density at radius 2 is 2.02 bits per heavy atom. The summed E-state index contributed by atoms with van der Waals surface area (Å²) in [5.41, 5.74) is -1.28. The number of carbonyl (C=O) groups is 2. The Bertz CT molecular complexity index is 1520. The van der Waals surface area contributed by atoms with Crippen molar-refractivity contribution < 1.29 is 36.6 Å². The molecular weight excluding hydrogens is 634 g/mol. The van der Waals surface area contributed by atoms with Gasteiger partial charge in [-0.15, -0.1) is 0 Å². The predicted molar refractivity (Wildman–Crippen MR) is 172 cm³/mol. The number of nitriles is 1. The minimum absolute atomic E-state index is 0.0292. The van der Waals surface area contributed by atoms with Gasteiger partial charge >= 0.3 is 6.18 Å². The first-order valence-corrected chi connectivity index (χ1v) is 15.6. The van der Waals surface area contributed by atoms with E-state index in [1.54, 1.807) is 35.1 Å². The Labute approximate surface area is 277 Å². The minimum Gasteiger partial charge on any atom is -0.383 e. The number of hydrogen-bond acceptors (Lipinski definition) is 9. The van der Waals surface area contributed by atoms with Gasteiger partial charge in [-0.25, -0.2) is 9.37 Å². The van der Waals surface area contributed by atoms with E-state index in [4.69, 9.17) is 9.47 Å². The average molecular weight is 676 g/mol. The predicted octanol–water partition coefficient (Wildman–Crippen LogP) is 3.83. The maximum atomic E-state index is 15.3. The quantitative estimate of drug-likeness (QED) is 0.192. The number of benzene rings is 1. The number of aryl methyl sites for hydroxylation is 1. The maximum absolute atomic E-state index is 15.3. The lowest BCUT2D eigenvalue weighted by atomic mass is 10.0. The van der Waals surface area contributed by atoms with Gasteiger partial charge in [-0.1, -0.05) is 12.1 Å². The van der Waals surface area contributed by atoms with Gasteiger partial charge in [0.05, 0.1) is 29.6 Å². The monoisotopic (exact) mass is 675 g/mol. The molecule has 260 valence electrons. The first kappa shape index (κ1) is 36.6. The largest absolute Gasteiger partial charge is 0.417 e. The van der Waals surface area contributed by atoms with Crippen LogP contribution in [0.1, 0.15) is 29.7 Å². The van der Waals surface area contributed by atoms with Crippen molar-refractivity contribution in [3.05, 3.63) is 59.1 Å². The van der Waals surface area contributed by atoms with Crippen LogP contribution in [0.4, 0.5) is 34.8 Å². The van der Waals surface area contributed by atoms with E-state index in [1.807, 2.05) is 18.0 Å². The van der Waals surface area contributed by atoms with E-state index >= 15 is 4.39 Å². The van der Waals surface area contributed by atoms with Gasteiger partial charge in [-0.05, 0) is 45.0 Å². The number of anilines is 3. The molecule has 2 aliphatic rings. The number of likely N-dealkylation sites (N-methyl/N-ethyl adjacent to an activating group) is 2. The fourth-order valence-electron chi connectivity index (χ4n) is 5.60. The summed E-state index contributed by atoms with van der Waals surface area (Å²) in [7, 11) is 5.05. The lowest BCUT2D eigenvalue weighted by Gasteiger charge is -2.38. The van der Waals surface area contributed by atoms with Crippen LogP contribution in [0.25, 0.3) is 0 Å². The molecule has 1 saturated heterocycles. The number of hydrogen-bond donors (Lipinski definition) is 1. The molecule has 0 bridgehead atoms. The van der Waals surface area contributed by atoms with Crippen LogP contribution in [-0.2, 0) is 25.2 Å². The van der Waals surface area contributed by atoms with Gasteiger partial charge in [-0.2, -0.15) is 18.4 Å². The second-order valence-corrected chi connectivity index (χ2v) is 11.9. The number of fused-ring (bicyclic) bond motifs is 1. The number of nitrogens with zero attached hydrogens (tertiary/aromatic N) is 6. The number of likely N-dealkylation sites (tertiary alicyclic amines) is 1. The summed E-state index contributed by atoms with van der Waals surface area (Å²) in [5.74, 6) is -1.45. The van der Waals surface area contributed by atoms with Crippen LogP contribution in [0.3, 0.4) is 0 Å². The number of nitrogens with one attached hydrogen (secondary N) is 1. The van der Waals surface area contributed by atoms with Crippen LogP contribution in [-0.4, -0.2) is 112 Å². The lowest BCUT2D eigenvalue weighted by Crippen LogP contribution is -2.54. The van der Waals surface area contributed by atoms with E-state index in [-0.39, 0.29) is 42.2 Å². The topological polar surface area (TPSA) is 114 Å². The van der Waals surface area contributed by atoms with Crippen molar-refractivity contribution in [3.63, 3.8) is 0 Å². The number of para-hydroxylation sites is 1. The Kier molecular flexibility index (Phi) is 12.4. The third kappa shape index (κ3) is 9.00. The maximum Gasteiger partial charge on any atom is 0.417 e. The first-order chi connectivity index (χ1) is 22.8. The number of rotatable bonds is 13. The van der Waals surface area contributed by atoms with Crippen molar-refractivity contribution in [1.82, 2.24) is 14.8 Å². The molecule has 0 radical (unpaired) electrons. The number of halogens is 4. The Morgan fingerprint density at radius 3 is 2.71 bits per heavy atom. The molecule has 1 N–H and O–H groups in total. The molecule has 3 heterocycles. The van der Waals surface area contributed by atoms with E-state index < -0.39 is 35.1 Å². The number of amides is 2. The minimum atomic E-state index is -4.79. The smallest absolute Gasteiger partial charge is 0.383 e. The molecule has 4 rings (SSSR count). The van der Waals surface area contributed by atoms with E-state index in [2.05, 4.69) is 10.3 Å². The lowest BCUT2D eigenvalue weighted by molar-refractivity contribution is -0.139. The molecule has 1 aromatic heterocycles. The fourth-order valence-corrected chi connectivity index (χ4v) is 5.60. The Morgan fingerprint density at radius 1 is 1.27 bits per heavy atom. The van der Waals surface area contributed by atoms with Gasteiger partial charge < -0.3 is 34.4 Å². The number of alkyl halides is 3. The molecule has 48 heavy (non-hydrogen) atoms.